The fourth-order valence-corrected chi connectivity index (χ4v) is 7.02. The Hall–Kier alpha value is -6.00. The third-order valence-corrected chi connectivity index (χ3v) is 8.99. The lowest BCUT2D eigenvalue weighted by atomic mass is 10.00. The van der Waals surface area contributed by atoms with Crippen LogP contribution >= 0.6 is 0 Å². The molecule has 0 bridgehead atoms. The van der Waals surface area contributed by atoms with E-state index in [1.165, 1.54) is 32.3 Å². The molecule has 0 spiro atoms. The van der Waals surface area contributed by atoms with Crippen LogP contribution in [0.5, 0.6) is 0 Å². The molecule has 0 aliphatic rings. The number of nitrogens with zero attached hydrogens (tertiary/aromatic N) is 3. The highest BCUT2D eigenvalue weighted by molar-refractivity contribution is 6.28. The highest BCUT2D eigenvalue weighted by Gasteiger charge is 2.20. The Kier molecular flexibility index (Phi) is 4.69. The molecule has 4 nitrogen and oxygen atoms in total. The van der Waals surface area contributed by atoms with Crippen LogP contribution in [-0.2, 0) is 0 Å². The van der Waals surface area contributed by atoms with E-state index in [4.69, 9.17) is 14.4 Å². The second-order valence-electron chi connectivity index (χ2n) is 11.4. The predicted molar refractivity (Wildman–Crippen MR) is 182 cm³/mol. The molecule has 3 heterocycles. The van der Waals surface area contributed by atoms with Crippen LogP contribution in [0.2, 0.25) is 0 Å². The Balaban J connectivity index is 1.33. The van der Waals surface area contributed by atoms with Crippen molar-refractivity contribution in [3.63, 3.8) is 0 Å². The third kappa shape index (κ3) is 3.22. The first-order valence-corrected chi connectivity index (χ1v) is 14.8. The van der Waals surface area contributed by atoms with Gasteiger partial charge in [0.05, 0.1) is 22.2 Å². The first-order valence-electron chi connectivity index (χ1n) is 14.8. The fraction of sp³-hybridized carbons (Fsp3) is 0. The molecule has 0 amide bonds. The van der Waals surface area contributed by atoms with Gasteiger partial charge in [0.1, 0.15) is 11.2 Å². The molecule has 204 valence electrons. The van der Waals surface area contributed by atoms with Gasteiger partial charge >= 0.3 is 0 Å². The summed E-state index contributed by atoms with van der Waals surface area (Å²) in [6.45, 7) is 0. The number of para-hydroxylation sites is 2. The van der Waals surface area contributed by atoms with Gasteiger partial charge in [0.25, 0.3) is 0 Å². The maximum atomic E-state index is 6.14. The highest BCUT2D eigenvalue weighted by Crippen LogP contribution is 2.41. The van der Waals surface area contributed by atoms with Crippen LogP contribution in [0.25, 0.3) is 93.4 Å². The number of rotatable bonds is 2. The minimum atomic E-state index is 0.654. The molecule has 0 aliphatic carbocycles. The van der Waals surface area contributed by atoms with Gasteiger partial charge in [-0.2, -0.15) is 0 Å². The van der Waals surface area contributed by atoms with E-state index in [9.17, 15) is 0 Å². The molecule has 0 aliphatic heterocycles. The summed E-state index contributed by atoms with van der Waals surface area (Å²) in [6.07, 6.45) is 0. The van der Waals surface area contributed by atoms with Crippen LogP contribution in [0.3, 0.4) is 0 Å². The number of aromatic nitrogens is 3. The summed E-state index contributed by atoms with van der Waals surface area (Å²) < 4.78 is 8.38. The number of benzene rings is 7. The molecule has 3 aromatic heterocycles. The molecule has 0 N–H and O–H groups in total. The topological polar surface area (TPSA) is 43.9 Å². The van der Waals surface area contributed by atoms with Crippen molar-refractivity contribution in [3.05, 3.63) is 140 Å². The van der Waals surface area contributed by atoms with Gasteiger partial charge in [0.15, 0.2) is 0 Å². The van der Waals surface area contributed by atoms with Crippen molar-refractivity contribution >= 4 is 76.2 Å². The maximum Gasteiger partial charge on any atom is 0.235 e. The Morgan fingerprint density at radius 1 is 0.455 bits per heavy atom. The van der Waals surface area contributed by atoms with Crippen LogP contribution in [0.1, 0.15) is 0 Å². The molecule has 10 rings (SSSR count). The summed E-state index contributed by atoms with van der Waals surface area (Å²) in [5.74, 6) is 0.654. The lowest BCUT2D eigenvalue weighted by molar-refractivity contribution is 0.669. The van der Waals surface area contributed by atoms with E-state index in [0.29, 0.717) is 5.95 Å². The molecule has 4 heteroatoms. The molecule has 0 unspecified atom stereocenters. The van der Waals surface area contributed by atoms with Gasteiger partial charge in [0, 0.05) is 32.5 Å². The van der Waals surface area contributed by atoms with Crippen LogP contribution in [-0.4, -0.2) is 14.5 Å². The van der Waals surface area contributed by atoms with Crippen LogP contribution in [0.15, 0.2) is 144 Å². The molecule has 10 aromatic rings. The van der Waals surface area contributed by atoms with Gasteiger partial charge < -0.3 is 4.42 Å². The van der Waals surface area contributed by atoms with E-state index in [1.807, 2.05) is 18.2 Å². The predicted octanol–water partition coefficient (Wildman–Crippen LogP) is 10.6. The van der Waals surface area contributed by atoms with E-state index >= 15 is 0 Å². The third-order valence-electron chi connectivity index (χ3n) is 8.99. The normalized spacial score (nSPS) is 12.1. The summed E-state index contributed by atoms with van der Waals surface area (Å²) in [4.78, 5) is 10.6. The Bertz CT molecular complexity index is 2690. The zero-order valence-corrected chi connectivity index (χ0v) is 23.5. The van der Waals surface area contributed by atoms with Crippen LogP contribution in [0.4, 0.5) is 0 Å². The Morgan fingerprint density at radius 3 is 1.77 bits per heavy atom. The van der Waals surface area contributed by atoms with Crippen LogP contribution in [0, 0.1) is 0 Å². The van der Waals surface area contributed by atoms with Gasteiger partial charge in [0.2, 0.25) is 5.95 Å². The molecular weight excluding hydrogens is 538 g/mol. The zero-order valence-electron chi connectivity index (χ0n) is 23.5. The van der Waals surface area contributed by atoms with Crippen LogP contribution < -0.4 is 0 Å². The number of fused-ring (bicyclic) bond motifs is 11. The minimum absolute atomic E-state index is 0.654. The lowest BCUT2D eigenvalue weighted by Gasteiger charge is -2.12. The van der Waals surface area contributed by atoms with Gasteiger partial charge in [-0.15, -0.1) is 0 Å². The smallest absolute Gasteiger partial charge is 0.235 e. The van der Waals surface area contributed by atoms with Crippen molar-refractivity contribution < 1.29 is 4.42 Å². The van der Waals surface area contributed by atoms with Crippen molar-refractivity contribution in [3.8, 4) is 17.2 Å². The van der Waals surface area contributed by atoms with E-state index < -0.39 is 0 Å². The number of hydrogen-bond donors (Lipinski definition) is 0. The highest BCUT2D eigenvalue weighted by atomic mass is 16.3. The first-order chi connectivity index (χ1) is 21.8. The van der Waals surface area contributed by atoms with E-state index in [-0.39, 0.29) is 0 Å². The fourth-order valence-electron chi connectivity index (χ4n) is 7.02. The lowest BCUT2D eigenvalue weighted by Crippen LogP contribution is -2.03. The monoisotopic (exact) mass is 561 g/mol. The SMILES string of the molecule is c1ccc2c(c1)ccc1c2c2c3ccccc3ccc2n1-c1nc(-c2ccc3oc4ccccc4c3c2)c2ccccc2n1. The average molecular weight is 562 g/mol. The van der Waals surface area contributed by atoms with Crippen molar-refractivity contribution in [2.45, 2.75) is 0 Å². The minimum Gasteiger partial charge on any atom is -0.456 e. The van der Waals surface area contributed by atoms with Crippen molar-refractivity contribution in [1.82, 2.24) is 14.5 Å². The molecule has 0 atom stereocenters. The van der Waals surface area contributed by atoms with E-state index in [0.717, 1.165) is 55.1 Å². The summed E-state index contributed by atoms with van der Waals surface area (Å²) >= 11 is 0. The maximum absolute atomic E-state index is 6.14. The number of hydrogen-bond acceptors (Lipinski definition) is 3. The summed E-state index contributed by atoms with van der Waals surface area (Å²) in [5, 5.41) is 10.5. The number of furan rings is 1. The van der Waals surface area contributed by atoms with E-state index in [1.54, 1.807) is 0 Å². The van der Waals surface area contributed by atoms with Gasteiger partial charge in [-0.3, -0.25) is 4.57 Å². The summed E-state index contributed by atoms with van der Waals surface area (Å²) in [6, 6.07) is 48.9. The Morgan fingerprint density at radius 2 is 1.05 bits per heavy atom. The molecule has 0 radical (unpaired) electrons. The molecule has 0 saturated heterocycles. The average Bonchev–Trinajstić information content (AvgIpc) is 3.63. The Labute approximate surface area is 251 Å². The molecule has 7 aromatic carbocycles. The van der Waals surface area contributed by atoms with Crippen molar-refractivity contribution in [2.75, 3.05) is 0 Å². The molecule has 0 saturated carbocycles. The second kappa shape index (κ2) is 8.76. The molecule has 44 heavy (non-hydrogen) atoms. The second-order valence-corrected chi connectivity index (χ2v) is 11.4. The van der Waals surface area contributed by atoms with Gasteiger partial charge in [-0.25, -0.2) is 9.97 Å². The van der Waals surface area contributed by atoms with E-state index in [2.05, 4.69) is 126 Å². The van der Waals surface area contributed by atoms with Gasteiger partial charge in [-0.1, -0.05) is 97.1 Å². The molecular formula is C40H23N3O. The van der Waals surface area contributed by atoms with Crippen molar-refractivity contribution in [1.29, 1.82) is 0 Å². The van der Waals surface area contributed by atoms with Gasteiger partial charge in [-0.05, 0) is 64.0 Å². The van der Waals surface area contributed by atoms with Crippen molar-refractivity contribution in [2.24, 2.45) is 0 Å². The largest absolute Gasteiger partial charge is 0.456 e. The zero-order chi connectivity index (χ0) is 28.8. The summed E-state index contributed by atoms with van der Waals surface area (Å²) in [5.41, 5.74) is 6.77. The summed E-state index contributed by atoms with van der Waals surface area (Å²) in [7, 11) is 0. The molecule has 0 fully saturated rings. The first kappa shape index (κ1) is 23.6. The standard InChI is InChI=1S/C40H23N3O/c1-3-11-27-24(9-1)17-20-33-37(27)38-28-12-4-2-10-25(28)18-21-34(38)43(33)40-41-32-15-7-5-14-30(32)39(42-40)26-19-22-36-31(23-26)29-13-6-8-16-35(29)44-36/h1-23H. The quantitative estimate of drug-likeness (QED) is 0.211.